The van der Waals surface area contributed by atoms with Crippen molar-refractivity contribution in [1.82, 2.24) is 19.9 Å². The Kier molecular flexibility index (Phi) is 7.41. The van der Waals surface area contributed by atoms with E-state index in [1.54, 1.807) is 0 Å². The van der Waals surface area contributed by atoms with Crippen LogP contribution in [0.2, 0.25) is 0 Å². The monoisotopic (exact) mass is 403 g/mol. The van der Waals surface area contributed by atoms with Crippen LogP contribution in [0.1, 0.15) is 50.6 Å². The maximum atomic E-state index is 6.29. The van der Waals surface area contributed by atoms with E-state index in [4.69, 9.17) is 10.7 Å². The number of nitrogens with zero attached hydrogens (tertiary/aromatic N) is 3. The first-order valence-corrected chi connectivity index (χ1v) is 11.0. The summed E-state index contributed by atoms with van der Waals surface area (Å²) in [5, 5.41) is 4.30. The highest BCUT2D eigenvalue weighted by Crippen LogP contribution is 2.30. The summed E-state index contributed by atoms with van der Waals surface area (Å²) in [5.74, 6) is 1.59. The average molecular weight is 404 g/mol. The van der Waals surface area contributed by atoms with Gasteiger partial charge in [0.25, 0.3) is 0 Å². The van der Waals surface area contributed by atoms with Gasteiger partial charge in [-0.15, -0.1) is 0 Å². The lowest BCUT2D eigenvalue weighted by molar-refractivity contribution is 0.690. The summed E-state index contributed by atoms with van der Waals surface area (Å²) in [4.78, 5) is 9.48. The Balaban J connectivity index is 0.00000124. The zero-order chi connectivity index (χ0) is 21.5. The molecule has 2 aromatic heterocycles. The van der Waals surface area contributed by atoms with Gasteiger partial charge in [-0.05, 0) is 30.7 Å². The van der Waals surface area contributed by atoms with E-state index in [9.17, 15) is 0 Å². The van der Waals surface area contributed by atoms with Crippen LogP contribution in [0.15, 0.2) is 48.5 Å². The Morgan fingerprint density at radius 3 is 2.37 bits per heavy atom. The smallest absolute Gasteiger partial charge is 0.152 e. The van der Waals surface area contributed by atoms with Gasteiger partial charge in [0.05, 0.1) is 11.0 Å². The van der Waals surface area contributed by atoms with Crippen molar-refractivity contribution in [2.45, 2.75) is 53.1 Å². The van der Waals surface area contributed by atoms with Gasteiger partial charge in [-0.3, -0.25) is 0 Å². The predicted molar refractivity (Wildman–Crippen MR) is 128 cm³/mol. The number of benzene rings is 2. The molecule has 0 amide bonds. The van der Waals surface area contributed by atoms with Gasteiger partial charge in [0, 0.05) is 24.9 Å². The molecule has 0 bridgehead atoms. The van der Waals surface area contributed by atoms with Gasteiger partial charge in [-0.1, -0.05) is 69.7 Å². The molecule has 0 radical (unpaired) electrons. The standard InChI is InChI=1S/C23H27N5.C2H6/c1-3-4-9-20-27-21-22(18-7-5-6-8-19(18)26-23(21)24)28(20)15-17-12-10-16(11-13-17)14-25-2;1-2/h5-8,10-13,25H,3-4,9,14-15H2,1-2H3,(H2,24,26);1-2H3. The number of rotatable bonds is 7. The van der Waals surface area contributed by atoms with Crippen LogP contribution in [-0.4, -0.2) is 21.6 Å². The van der Waals surface area contributed by atoms with Crippen molar-refractivity contribution >= 4 is 27.8 Å². The van der Waals surface area contributed by atoms with Crippen molar-refractivity contribution < 1.29 is 0 Å². The van der Waals surface area contributed by atoms with Gasteiger partial charge in [-0.25, -0.2) is 9.97 Å². The number of pyridine rings is 1. The van der Waals surface area contributed by atoms with Crippen molar-refractivity contribution in [2.24, 2.45) is 0 Å². The Bertz CT molecular complexity index is 1100. The molecule has 0 spiro atoms. The van der Waals surface area contributed by atoms with Gasteiger partial charge in [-0.2, -0.15) is 0 Å². The van der Waals surface area contributed by atoms with Gasteiger partial charge in [0.2, 0.25) is 0 Å². The first-order chi connectivity index (χ1) is 14.7. The first kappa shape index (κ1) is 21.8. The lowest BCUT2D eigenvalue weighted by Crippen LogP contribution is -2.07. The Morgan fingerprint density at radius 1 is 0.967 bits per heavy atom. The molecule has 4 rings (SSSR count). The number of unbranched alkanes of at least 4 members (excludes halogenated alkanes) is 1. The van der Waals surface area contributed by atoms with Gasteiger partial charge >= 0.3 is 0 Å². The van der Waals surface area contributed by atoms with Crippen LogP contribution in [-0.2, 0) is 19.5 Å². The fourth-order valence-electron chi connectivity index (χ4n) is 3.75. The van der Waals surface area contributed by atoms with Crippen LogP contribution in [0, 0.1) is 0 Å². The summed E-state index contributed by atoms with van der Waals surface area (Å²) in [6, 6.07) is 17.0. The molecule has 0 fully saturated rings. The minimum Gasteiger partial charge on any atom is -0.382 e. The van der Waals surface area contributed by atoms with Crippen LogP contribution < -0.4 is 11.1 Å². The molecule has 5 nitrogen and oxygen atoms in total. The molecule has 0 unspecified atom stereocenters. The third-order valence-electron chi connectivity index (χ3n) is 5.19. The number of imidazole rings is 1. The van der Waals surface area contributed by atoms with E-state index in [-0.39, 0.29) is 0 Å². The van der Waals surface area contributed by atoms with Crippen LogP contribution in [0.25, 0.3) is 21.9 Å². The Labute approximate surface area is 179 Å². The lowest BCUT2D eigenvalue weighted by Gasteiger charge is -2.12. The Hall–Kier alpha value is -2.92. The number of para-hydroxylation sites is 1. The van der Waals surface area contributed by atoms with Crippen LogP contribution >= 0.6 is 0 Å². The first-order valence-electron chi connectivity index (χ1n) is 11.0. The second-order valence-electron chi connectivity index (χ2n) is 7.28. The van der Waals surface area contributed by atoms with E-state index in [0.29, 0.717) is 5.82 Å². The maximum Gasteiger partial charge on any atom is 0.152 e. The van der Waals surface area contributed by atoms with Crippen molar-refractivity contribution in [3.8, 4) is 0 Å². The molecule has 0 aliphatic heterocycles. The molecule has 0 saturated heterocycles. The molecule has 0 saturated carbocycles. The van der Waals surface area contributed by atoms with E-state index in [1.807, 2.05) is 33.0 Å². The van der Waals surface area contributed by atoms with Crippen LogP contribution in [0.5, 0.6) is 0 Å². The number of fused-ring (bicyclic) bond motifs is 3. The van der Waals surface area contributed by atoms with E-state index in [1.165, 1.54) is 11.1 Å². The summed E-state index contributed by atoms with van der Waals surface area (Å²) in [7, 11) is 1.97. The number of nitrogens with one attached hydrogen (secondary N) is 1. The predicted octanol–water partition coefficient (Wildman–Crippen LogP) is 5.30. The molecule has 2 heterocycles. The zero-order valence-corrected chi connectivity index (χ0v) is 18.6. The molecular formula is C25H33N5. The molecular weight excluding hydrogens is 370 g/mol. The number of aryl methyl sites for hydroxylation is 1. The molecule has 0 aliphatic rings. The second kappa shape index (κ2) is 10.2. The number of nitrogen functional groups attached to an aromatic ring is 1. The quantitative estimate of drug-likeness (QED) is 0.439. The minimum atomic E-state index is 0.509. The topological polar surface area (TPSA) is 68.8 Å². The Morgan fingerprint density at radius 2 is 1.67 bits per heavy atom. The maximum absolute atomic E-state index is 6.29. The van der Waals surface area contributed by atoms with Crippen molar-refractivity contribution in [1.29, 1.82) is 0 Å². The third-order valence-corrected chi connectivity index (χ3v) is 5.19. The van der Waals surface area contributed by atoms with E-state index >= 15 is 0 Å². The van der Waals surface area contributed by atoms with E-state index < -0.39 is 0 Å². The molecule has 0 atom stereocenters. The summed E-state index contributed by atoms with van der Waals surface area (Å²) >= 11 is 0. The molecule has 2 aromatic carbocycles. The number of anilines is 1. The SMILES string of the molecule is CC.CCCCc1nc2c(N)nc3ccccc3c2n1Cc1ccc(CNC)cc1. The number of aromatic nitrogens is 3. The lowest BCUT2D eigenvalue weighted by atomic mass is 10.1. The summed E-state index contributed by atoms with van der Waals surface area (Å²) < 4.78 is 2.33. The van der Waals surface area contributed by atoms with Crippen LogP contribution in [0.4, 0.5) is 5.82 Å². The summed E-state index contributed by atoms with van der Waals surface area (Å²) in [6.07, 6.45) is 3.18. The zero-order valence-electron chi connectivity index (χ0n) is 18.6. The van der Waals surface area contributed by atoms with Gasteiger partial charge in [0.15, 0.2) is 5.82 Å². The molecule has 30 heavy (non-hydrogen) atoms. The fraction of sp³-hybridized carbons (Fsp3) is 0.360. The molecule has 158 valence electrons. The second-order valence-corrected chi connectivity index (χ2v) is 7.28. The van der Waals surface area contributed by atoms with E-state index in [2.05, 4.69) is 58.2 Å². The normalized spacial score (nSPS) is 10.9. The molecule has 5 heteroatoms. The number of hydrogen-bond acceptors (Lipinski definition) is 4. The summed E-state index contributed by atoms with van der Waals surface area (Å²) in [5.41, 5.74) is 11.7. The van der Waals surface area contributed by atoms with Crippen LogP contribution in [0.3, 0.4) is 0 Å². The fourth-order valence-corrected chi connectivity index (χ4v) is 3.75. The van der Waals surface area contributed by atoms with Gasteiger partial charge in [0.1, 0.15) is 11.3 Å². The van der Waals surface area contributed by atoms with Gasteiger partial charge < -0.3 is 15.6 Å². The average Bonchev–Trinajstić information content (AvgIpc) is 3.14. The highest BCUT2D eigenvalue weighted by Gasteiger charge is 2.17. The summed E-state index contributed by atoms with van der Waals surface area (Å²) in [6.45, 7) is 7.87. The van der Waals surface area contributed by atoms with Crippen molar-refractivity contribution in [2.75, 3.05) is 12.8 Å². The molecule has 3 N–H and O–H groups in total. The highest BCUT2D eigenvalue weighted by molar-refractivity contribution is 6.06. The van der Waals surface area contributed by atoms with Crippen molar-refractivity contribution in [3.05, 3.63) is 65.5 Å². The highest BCUT2D eigenvalue weighted by atomic mass is 15.1. The molecule has 4 aromatic rings. The minimum absolute atomic E-state index is 0.509. The van der Waals surface area contributed by atoms with Crippen molar-refractivity contribution in [3.63, 3.8) is 0 Å². The largest absolute Gasteiger partial charge is 0.382 e. The third kappa shape index (κ3) is 4.46. The van der Waals surface area contributed by atoms with E-state index in [0.717, 1.165) is 60.1 Å². The molecule has 0 aliphatic carbocycles. The number of nitrogens with two attached hydrogens (primary N) is 1. The number of hydrogen-bond donors (Lipinski definition) is 2.